The standard InChI is InChI=1S/C15H18N2O3/c1-5-17-14(13(20-4)9-16-17)15(18)11-7-6-10(2)8-12(11)19-3/h6-9H,5H2,1-4H3. The predicted octanol–water partition coefficient (Wildman–Crippen LogP) is 2.46. The molecule has 0 unspecified atom stereocenters. The van der Waals surface area contributed by atoms with E-state index >= 15 is 0 Å². The van der Waals surface area contributed by atoms with Crippen LogP contribution in [0, 0.1) is 6.92 Å². The molecule has 0 saturated heterocycles. The van der Waals surface area contributed by atoms with Crippen LogP contribution in [0.4, 0.5) is 0 Å². The molecule has 0 spiro atoms. The molecule has 0 atom stereocenters. The van der Waals surface area contributed by atoms with Crippen molar-refractivity contribution < 1.29 is 14.3 Å². The first-order valence-electron chi connectivity index (χ1n) is 6.41. The molecule has 1 heterocycles. The number of aromatic nitrogens is 2. The topological polar surface area (TPSA) is 53.4 Å². The van der Waals surface area contributed by atoms with Gasteiger partial charge in [0.05, 0.1) is 26.0 Å². The summed E-state index contributed by atoms with van der Waals surface area (Å²) >= 11 is 0. The lowest BCUT2D eigenvalue weighted by atomic mass is 10.0. The number of hydrogen-bond donors (Lipinski definition) is 0. The molecule has 20 heavy (non-hydrogen) atoms. The minimum atomic E-state index is -0.155. The molecule has 0 aliphatic heterocycles. The summed E-state index contributed by atoms with van der Waals surface area (Å²) in [4.78, 5) is 12.7. The summed E-state index contributed by atoms with van der Waals surface area (Å²) < 4.78 is 12.1. The van der Waals surface area contributed by atoms with Crippen LogP contribution in [-0.2, 0) is 6.54 Å². The fourth-order valence-corrected chi connectivity index (χ4v) is 2.10. The van der Waals surface area contributed by atoms with Gasteiger partial charge >= 0.3 is 0 Å². The zero-order valence-corrected chi connectivity index (χ0v) is 12.1. The number of methoxy groups -OCH3 is 2. The van der Waals surface area contributed by atoms with E-state index < -0.39 is 0 Å². The smallest absolute Gasteiger partial charge is 0.218 e. The first kappa shape index (κ1) is 14.1. The lowest BCUT2D eigenvalue weighted by molar-refractivity contribution is 0.102. The predicted molar refractivity (Wildman–Crippen MR) is 75.6 cm³/mol. The molecule has 106 valence electrons. The molecular weight excluding hydrogens is 256 g/mol. The average Bonchev–Trinajstić information content (AvgIpc) is 2.89. The Morgan fingerprint density at radius 3 is 2.55 bits per heavy atom. The van der Waals surface area contributed by atoms with Gasteiger partial charge in [-0.05, 0) is 31.5 Å². The molecule has 0 aliphatic carbocycles. The third kappa shape index (κ3) is 2.39. The van der Waals surface area contributed by atoms with Crippen LogP contribution >= 0.6 is 0 Å². The van der Waals surface area contributed by atoms with Crippen molar-refractivity contribution in [3.63, 3.8) is 0 Å². The zero-order chi connectivity index (χ0) is 14.7. The molecule has 1 aromatic heterocycles. The van der Waals surface area contributed by atoms with Crippen molar-refractivity contribution in [3.05, 3.63) is 41.2 Å². The maximum absolute atomic E-state index is 12.7. The van der Waals surface area contributed by atoms with Gasteiger partial charge in [-0.25, -0.2) is 0 Å². The first-order chi connectivity index (χ1) is 9.62. The number of hydrogen-bond acceptors (Lipinski definition) is 4. The number of ketones is 1. The molecule has 0 fully saturated rings. The summed E-state index contributed by atoms with van der Waals surface area (Å²) in [5, 5.41) is 4.16. The Kier molecular flexibility index (Phi) is 4.08. The third-order valence-electron chi connectivity index (χ3n) is 3.14. The van der Waals surface area contributed by atoms with Crippen LogP contribution in [-0.4, -0.2) is 29.8 Å². The summed E-state index contributed by atoms with van der Waals surface area (Å²) in [5.74, 6) is 0.874. The van der Waals surface area contributed by atoms with Gasteiger partial charge in [-0.2, -0.15) is 5.10 Å². The summed E-state index contributed by atoms with van der Waals surface area (Å²) in [6.45, 7) is 4.47. The lowest BCUT2D eigenvalue weighted by Crippen LogP contribution is -2.12. The Balaban J connectivity index is 2.54. The number of carbonyl (C=O) groups is 1. The SMILES string of the molecule is CCn1ncc(OC)c1C(=O)c1ccc(C)cc1OC. The summed E-state index contributed by atoms with van der Waals surface area (Å²) in [7, 11) is 3.08. The molecule has 5 heteroatoms. The van der Waals surface area contributed by atoms with Crippen LogP contribution in [0.3, 0.4) is 0 Å². The maximum Gasteiger partial charge on any atom is 0.218 e. The van der Waals surface area contributed by atoms with E-state index in [4.69, 9.17) is 9.47 Å². The highest BCUT2D eigenvalue weighted by atomic mass is 16.5. The van der Waals surface area contributed by atoms with Crippen LogP contribution in [0.25, 0.3) is 0 Å². The molecule has 0 radical (unpaired) electrons. The van der Waals surface area contributed by atoms with Crippen molar-refractivity contribution in [1.29, 1.82) is 0 Å². The van der Waals surface area contributed by atoms with Crippen molar-refractivity contribution in [1.82, 2.24) is 9.78 Å². The minimum Gasteiger partial charge on any atom is -0.496 e. The molecule has 2 rings (SSSR count). The summed E-state index contributed by atoms with van der Waals surface area (Å²) in [5.41, 5.74) is 1.98. The third-order valence-corrected chi connectivity index (χ3v) is 3.14. The highest BCUT2D eigenvalue weighted by molar-refractivity contribution is 6.11. The van der Waals surface area contributed by atoms with Crippen molar-refractivity contribution in [2.75, 3.05) is 14.2 Å². The molecule has 2 aromatic rings. The second-order valence-electron chi connectivity index (χ2n) is 4.41. The van der Waals surface area contributed by atoms with Crippen molar-refractivity contribution >= 4 is 5.78 Å². The van der Waals surface area contributed by atoms with Crippen LogP contribution in [0.1, 0.15) is 28.5 Å². The van der Waals surface area contributed by atoms with E-state index in [1.807, 2.05) is 26.0 Å². The van der Waals surface area contributed by atoms with E-state index in [0.29, 0.717) is 29.3 Å². The van der Waals surface area contributed by atoms with E-state index in [2.05, 4.69) is 5.10 Å². The fourth-order valence-electron chi connectivity index (χ4n) is 2.10. The van der Waals surface area contributed by atoms with Gasteiger partial charge in [0.2, 0.25) is 5.78 Å². The molecule has 5 nitrogen and oxygen atoms in total. The van der Waals surface area contributed by atoms with Crippen LogP contribution in [0.15, 0.2) is 24.4 Å². The van der Waals surface area contributed by atoms with Gasteiger partial charge in [0.1, 0.15) is 5.75 Å². The number of rotatable bonds is 5. The highest BCUT2D eigenvalue weighted by Crippen LogP contribution is 2.27. The monoisotopic (exact) mass is 274 g/mol. The van der Waals surface area contributed by atoms with Crippen LogP contribution in [0.5, 0.6) is 11.5 Å². The number of benzene rings is 1. The van der Waals surface area contributed by atoms with E-state index in [1.54, 1.807) is 24.1 Å². The second-order valence-corrected chi connectivity index (χ2v) is 4.41. The molecular formula is C15H18N2O3. The Hall–Kier alpha value is -2.30. The highest BCUT2D eigenvalue weighted by Gasteiger charge is 2.23. The summed E-state index contributed by atoms with van der Waals surface area (Å²) in [6.07, 6.45) is 1.55. The van der Waals surface area contributed by atoms with Gasteiger partial charge in [-0.1, -0.05) is 6.07 Å². The van der Waals surface area contributed by atoms with Gasteiger partial charge in [-0.15, -0.1) is 0 Å². The molecule has 0 saturated carbocycles. The van der Waals surface area contributed by atoms with E-state index in [1.165, 1.54) is 7.11 Å². The van der Waals surface area contributed by atoms with Crippen molar-refractivity contribution in [2.45, 2.75) is 20.4 Å². The van der Waals surface area contributed by atoms with Crippen LogP contribution < -0.4 is 9.47 Å². The van der Waals surface area contributed by atoms with E-state index in [0.717, 1.165) is 5.56 Å². The molecule has 1 aromatic carbocycles. The minimum absolute atomic E-state index is 0.155. The second kappa shape index (κ2) is 5.77. The number of nitrogens with zero attached hydrogens (tertiary/aromatic N) is 2. The molecule has 0 amide bonds. The number of carbonyl (C=O) groups excluding carboxylic acids is 1. The van der Waals surface area contributed by atoms with E-state index in [-0.39, 0.29) is 5.78 Å². The van der Waals surface area contributed by atoms with Crippen molar-refractivity contribution in [3.8, 4) is 11.5 Å². The van der Waals surface area contributed by atoms with Gasteiger partial charge < -0.3 is 9.47 Å². The lowest BCUT2D eigenvalue weighted by Gasteiger charge is -2.10. The van der Waals surface area contributed by atoms with Crippen molar-refractivity contribution in [2.24, 2.45) is 0 Å². The number of ether oxygens (including phenoxy) is 2. The largest absolute Gasteiger partial charge is 0.496 e. The summed E-state index contributed by atoms with van der Waals surface area (Å²) in [6, 6.07) is 5.49. The normalized spacial score (nSPS) is 10.4. The Morgan fingerprint density at radius 2 is 1.95 bits per heavy atom. The maximum atomic E-state index is 12.7. The van der Waals surface area contributed by atoms with Crippen LogP contribution in [0.2, 0.25) is 0 Å². The van der Waals surface area contributed by atoms with Gasteiger partial charge in [0.25, 0.3) is 0 Å². The quantitative estimate of drug-likeness (QED) is 0.786. The Bertz CT molecular complexity index is 611. The molecule has 0 N–H and O–H groups in total. The van der Waals surface area contributed by atoms with Gasteiger partial charge in [0.15, 0.2) is 11.4 Å². The molecule has 0 aliphatic rings. The van der Waals surface area contributed by atoms with Gasteiger partial charge in [-0.3, -0.25) is 9.48 Å². The average molecular weight is 274 g/mol. The fraction of sp³-hybridized carbons (Fsp3) is 0.333. The Labute approximate surface area is 118 Å². The number of aryl methyl sites for hydroxylation is 2. The zero-order valence-electron chi connectivity index (χ0n) is 12.1. The first-order valence-corrected chi connectivity index (χ1v) is 6.41. The van der Waals surface area contributed by atoms with E-state index in [9.17, 15) is 4.79 Å². The van der Waals surface area contributed by atoms with Gasteiger partial charge in [0, 0.05) is 6.54 Å². The molecule has 0 bridgehead atoms. The Morgan fingerprint density at radius 1 is 1.25 bits per heavy atom.